The molecule has 0 radical (unpaired) electrons. The fourth-order valence-electron chi connectivity index (χ4n) is 1.93. The van der Waals surface area contributed by atoms with Crippen molar-refractivity contribution in [2.24, 2.45) is 5.73 Å². The summed E-state index contributed by atoms with van der Waals surface area (Å²) in [6.45, 7) is 3.38. The van der Waals surface area contributed by atoms with Gasteiger partial charge >= 0.3 is 6.03 Å². The Kier molecular flexibility index (Phi) is 4.07. The minimum Gasteiger partial charge on any atom is -0.368 e. The van der Waals surface area contributed by atoms with E-state index < -0.39 is 17.5 Å². The number of urea groups is 1. The molecule has 6 heteroatoms. The van der Waals surface area contributed by atoms with Gasteiger partial charge in [-0.15, -0.1) is 0 Å². The number of fused-ring (bicyclic) bond motifs is 1. The van der Waals surface area contributed by atoms with Crippen LogP contribution in [0.5, 0.6) is 0 Å². The van der Waals surface area contributed by atoms with Gasteiger partial charge in [0, 0.05) is 11.6 Å². The summed E-state index contributed by atoms with van der Waals surface area (Å²) in [5.74, 6) is -0.573. The molecule has 0 aliphatic rings. The molecule has 21 heavy (non-hydrogen) atoms. The average Bonchev–Trinajstić information content (AvgIpc) is 2.47. The van der Waals surface area contributed by atoms with E-state index in [-0.39, 0.29) is 0 Å². The molecule has 4 N–H and O–H groups in total. The van der Waals surface area contributed by atoms with E-state index in [4.69, 9.17) is 5.73 Å². The van der Waals surface area contributed by atoms with E-state index in [1.54, 1.807) is 26.1 Å². The molecule has 0 fully saturated rings. The van der Waals surface area contributed by atoms with Gasteiger partial charge in [-0.05, 0) is 25.5 Å². The first kappa shape index (κ1) is 14.8. The van der Waals surface area contributed by atoms with Crippen molar-refractivity contribution in [3.8, 4) is 0 Å². The van der Waals surface area contributed by atoms with E-state index in [2.05, 4.69) is 15.6 Å². The normalized spacial score (nSPS) is 13.4. The first-order valence-corrected chi connectivity index (χ1v) is 6.69. The maximum atomic E-state index is 12.1. The van der Waals surface area contributed by atoms with Crippen molar-refractivity contribution >= 4 is 28.5 Å². The minimum absolute atomic E-state index is 0.406. The van der Waals surface area contributed by atoms with Gasteiger partial charge in [-0.25, -0.2) is 4.79 Å². The molecule has 2 rings (SSSR count). The van der Waals surface area contributed by atoms with Crippen LogP contribution in [0.15, 0.2) is 36.5 Å². The zero-order valence-corrected chi connectivity index (χ0v) is 12.0. The maximum Gasteiger partial charge on any atom is 0.320 e. The lowest BCUT2D eigenvalue weighted by Crippen LogP contribution is -2.56. The van der Waals surface area contributed by atoms with Gasteiger partial charge in [0.15, 0.2) is 0 Å². The fourth-order valence-corrected chi connectivity index (χ4v) is 1.93. The van der Waals surface area contributed by atoms with Gasteiger partial charge in [0.25, 0.3) is 0 Å². The summed E-state index contributed by atoms with van der Waals surface area (Å²) in [7, 11) is 0. The van der Waals surface area contributed by atoms with Crippen molar-refractivity contribution in [2.45, 2.75) is 25.8 Å². The Morgan fingerprint density at radius 3 is 2.67 bits per heavy atom. The van der Waals surface area contributed by atoms with Crippen LogP contribution in [0.3, 0.4) is 0 Å². The predicted molar refractivity (Wildman–Crippen MR) is 81.8 cm³/mol. The molecule has 0 aliphatic carbocycles. The van der Waals surface area contributed by atoms with E-state index in [1.165, 1.54) is 0 Å². The molecule has 6 nitrogen and oxygen atoms in total. The third-order valence-corrected chi connectivity index (χ3v) is 3.52. The van der Waals surface area contributed by atoms with Crippen LogP contribution in [-0.2, 0) is 4.79 Å². The molecule has 0 bridgehead atoms. The van der Waals surface area contributed by atoms with E-state index in [9.17, 15) is 9.59 Å². The second-order valence-electron chi connectivity index (χ2n) is 5.01. The molecule has 110 valence electrons. The number of nitrogens with zero attached hydrogens (tertiary/aromatic N) is 1. The number of hydrogen-bond donors (Lipinski definition) is 3. The minimum atomic E-state index is -1.08. The van der Waals surface area contributed by atoms with Crippen LogP contribution in [0, 0.1) is 0 Å². The lowest BCUT2D eigenvalue weighted by Gasteiger charge is -2.25. The van der Waals surface area contributed by atoms with Gasteiger partial charge < -0.3 is 16.4 Å². The van der Waals surface area contributed by atoms with Crippen LogP contribution in [0.4, 0.5) is 10.5 Å². The molecule has 1 heterocycles. The van der Waals surface area contributed by atoms with Gasteiger partial charge in [-0.3, -0.25) is 9.78 Å². The van der Waals surface area contributed by atoms with Gasteiger partial charge in [-0.2, -0.15) is 0 Å². The Morgan fingerprint density at radius 2 is 2.00 bits per heavy atom. The molecule has 0 saturated heterocycles. The van der Waals surface area contributed by atoms with Crippen molar-refractivity contribution in [3.63, 3.8) is 0 Å². The number of nitrogens with two attached hydrogens (primary N) is 1. The number of anilines is 1. The first-order valence-electron chi connectivity index (χ1n) is 6.69. The van der Waals surface area contributed by atoms with Crippen molar-refractivity contribution in [1.29, 1.82) is 0 Å². The van der Waals surface area contributed by atoms with E-state index in [0.717, 1.165) is 5.39 Å². The SMILES string of the molecule is CC[C@](C)(NC(=O)Nc1cccc2cccnc12)C(N)=O. The standard InChI is InChI=1S/C15H18N4O2/c1-3-15(2,13(16)20)19-14(21)18-11-8-4-6-10-7-5-9-17-12(10)11/h4-9H,3H2,1-2H3,(H2,16,20)(H2,18,19,21)/t15-/m0/s1. The number of nitrogens with one attached hydrogen (secondary N) is 2. The Hall–Kier alpha value is -2.63. The molecule has 3 amide bonds. The second kappa shape index (κ2) is 5.78. The molecule has 1 atom stereocenters. The number of amides is 3. The number of rotatable bonds is 4. The van der Waals surface area contributed by atoms with Crippen LogP contribution in [0.1, 0.15) is 20.3 Å². The number of aromatic nitrogens is 1. The summed E-state index contributed by atoms with van der Waals surface area (Å²) in [6, 6.07) is 8.73. The molecular weight excluding hydrogens is 268 g/mol. The van der Waals surface area contributed by atoms with Gasteiger partial charge in [0.2, 0.25) is 5.91 Å². The molecular formula is C15H18N4O2. The molecule has 1 aromatic carbocycles. The molecule has 0 spiro atoms. The summed E-state index contributed by atoms with van der Waals surface area (Å²) in [4.78, 5) is 27.7. The molecule has 0 saturated carbocycles. The van der Waals surface area contributed by atoms with E-state index in [0.29, 0.717) is 17.6 Å². The first-order chi connectivity index (χ1) is 9.96. The highest BCUT2D eigenvalue weighted by Crippen LogP contribution is 2.20. The topological polar surface area (TPSA) is 97.1 Å². The number of pyridine rings is 1. The fraction of sp³-hybridized carbons (Fsp3) is 0.267. The second-order valence-corrected chi connectivity index (χ2v) is 5.01. The van der Waals surface area contributed by atoms with Crippen LogP contribution >= 0.6 is 0 Å². The van der Waals surface area contributed by atoms with Crippen LogP contribution in [0.2, 0.25) is 0 Å². The monoisotopic (exact) mass is 286 g/mol. The molecule has 2 aromatic rings. The van der Waals surface area contributed by atoms with Crippen LogP contribution < -0.4 is 16.4 Å². The third-order valence-electron chi connectivity index (χ3n) is 3.52. The van der Waals surface area contributed by atoms with Crippen LogP contribution in [0.25, 0.3) is 10.9 Å². The highest BCUT2D eigenvalue weighted by molar-refractivity contribution is 6.01. The predicted octanol–water partition coefficient (Wildman–Crippen LogP) is 2.01. The number of hydrogen-bond acceptors (Lipinski definition) is 3. The molecule has 0 aliphatic heterocycles. The maximum absolute atomic E-state index is 12.1. The lowest BCUT2D eigenvalue weighted by atomic mass is 9.98. The van der Waals surface area contributed by atoms with Crippen molar-refractivity contribution in [2.75, 3.05) is 5.32 Å². The highest BCUT2D eigenvalue weighted by Gasteiger charge is 2.30. The van der Waals surface area contributed by atoms with E-state index in [1.807, 2.05) is 24.3 Å². The Balaban J connectivity index is 2.21. The Bertz CT molecular complexity index is 681. The number of para-hydroxylation sites is 1. The number of primary amides is 1. The van der Waals surface area contributed by atoms with Gasteiger partial charge in [-0.1, -0.05) is 25.1 Å². The smallest absolute Gasteiger partial charge is 0.320 e. The van der Waals surface area contributed by atoms with E-state index >= 15 is 0 Å². The summed E-state index contributed by atoms with van der Waals surface area (Å²) >= 11 is 0. The van der Waals surface area contributed by atoms with Crippen molar-refractivity contribution in [3.05, 3.63) is 36.5 Å². The number of carbonyl (C=O) groups excluding carboxylic acids is 2. The molecule has 1 aromatic heterocycles. The summed E-state index contributed by atoms with van der Waals surface area (Å²) in [5, 5.41) is 6.23. The van der Waals surface area contributed by atoms with Crippen molar-refractivity contribution < 1.29 is 9.59 Å². The summed E-state index contributed by atoms with van der Waals surface area (Å²) in [5.41, 5.74) is 5.50. The van der Waals surface area contributed by atoms with Gasteiger partial charge in [0.1, 0.15) is 5.54 Å². The lowest BCUT2D eigenvalue weighted by molar-refractivity contribution is -0.123. The number of benzene rings is 1. The Labute approximate surface area is 122 Å². The van der Waals surface area contributed by atoms with Crippen molar-refractivity contribution in [1.82, 2.24) is 10.3 Å². The summed E-state index contributed by atoms with van der Waals surface area (Å²) in [6.07, 6.45) is 2.06. The quantitative estimate of drug-likeness (QED) is 0.802. The zero-order chi connectivity index (χ0) is 15.5. The largest absolute Gasteiger partial charge is 0.368 e. The average molecular weight is 286 g/mol. The highest BCUT2D eigenvalue weighted by atomic mass is 16.2. The Morgan fingerprint density at radius 1 is 1.29 bits per heavy atom. The molecule has 0 unspecified atom stereocenters. The number of carbonyl (C=O) groups is 2. The summed E-state index contributed by atoms with van der Waals surface area (Å²) < 4.78 is 0. The van der Waals surface area contributed by atoms with Crippen LogP contribution in [-0.4, -0.2) is 22.5 Å². The van der Waals surface area contributed by atoms with Gasteiger partial charge in [0.05, 0.1) is 11.2 Å². The zero-order valence-electron chi connectivity index (χ0n) is 12.0. The third kappa shape index (κ3) is 3.10.